The molecule has 0 fully saturated rings. The van der Waals surface area contributed by atoms with Gasteiger partial charge in [-0.25, -0.2) is 4.79 Å². The third-order valence-corrected chi connectivity index (χ3v) is 2.88. The summed E-state index contributed by atoms with van der Waals surface area (Å²) in [6.07, 6.45) is 6.06. The van der Waals surface area contributed by atoms with Crippen LogP contribution in [0.15, 0.2) is 36.9 Å². The molecule has 0 atom stereocenters. The van der Waals surface area contributed by atoms with Crippen LogP contribution in [0.25, 0.3) is 0 Å². The maximum absolute atomic E-state index is 11.0. The Morgan fingerprint density at radius 1 is 1.14 bits per heavy atom. The number of aryl methyl sites for hydroxylation is 1. The van der Waals surface area contributed by atoms with Crippen molar-refractivity contribution < 1.29 is 14.3 Å². The maximum Gasteiger partial charge on any atom is 0.330 e. The Bertz CT molecular complexity index is 432. The molecular weight excluding hydrogens is 264 g/mol. The van der Waals surface area contributed by atoms with Crippen LogP contribution in [0, 0.1) is 0 Å². The fourth-order valence-corrected chi connectivity index (χ4v) is 1.69. The molecule has 0 aliphatic rings. The van der Waals surface area contributed by atoms with Gasteiger partial charge in [0.2, 0.25) is 0 Å². The summed E-state index contributed by atoms with van der Waals surface area (Å²) < 4.78 is 4.43. The zero-order chi connectivity index (χ0) is 16.1. The van der Waals surface area contributed by atoms with Gasteiger partial charge in [0.05, 0.1) is 6.61 Å². The smallest absolute Gasteiger partial charge is 0.330 e. The molecule has 3 nitrogen and oxygen atoms in total. The van der Waals surface area contributed by atoms with E-state index in [-0.39, 0.29) is 11.8 Å². The van der Waals surface area contributed by atoms with E-state index < -0.39 is 0 Å². The van der Waals surface area contributed by atoms with Gasteiger partial charge in [-0.05, 0) is 32.3 Å². The van der Waals surface area contributed by atoms with Crippen molar-refractivity contribution in [2.75, 3.05) is 6.61 Å². The molecule has 0 unspecified atom stereocenters. The van der Waals surface area contributed by atoms with Crippen LogP contribution in [0.3, 0.4) is 0 Å². The Hall–Kier alpha value is -1.90. The number of unbranched alkanes of at least 4 members (excludes halogenated alkanes) is 2. The summed E-state index contributed by atoms with van der Waals surface area (Å²) in [6.45, 7) is 9.19. The highest BCUT2D eigenvalue weighted by atomic mass is 16.5. The Kier molecular flexibility index (Phi) is 10.8. The molecule has 0 heterocycles. The largest absolute Gasteiger partial charge is 0.463 e. The molecule has 0 bridgehead atoms. The molecule has 0 saturated heterocycles. The van der Waals surface area contributed by atoms with Crippen LogP contribution in [0.1, 0.15) is 56.0 Å². The number of esters is 1. The van der Waals surface area contributed by atoms with E-state index >= 15 is 0 Å². The minimum Gasteiger partial charge on any atom is -0.463 e. The van der Waals surface area contributed by atoms with Crippen LogP contribution in [0.5, 0.6) is 0 Å². The molecule has 0 aromatic heterocycles. The SMILES string of the molecule is C=CC(=O)OCC.CCCCCc1ccc(C(C)=O)cc1. The standard InChI is InChI=1S/C13H18O.C5H8O2/c1-3-4-5-6-12-7-9-13(10-8-12)11(2)14;1-3-5(6)7-4-2/h7-10H,3-6H2,1-2H3;3H,1,4H2,2H3. The lowest BCUT2D eigenvalue weighted by molar-refractivity contribution is -0.137. The van der Waals surface area contributed by atoms with Gasteiger partial charge in [0.15, 0.2) is 5.78 Å². The topological polar surface area (TPSA) is 43.4 Å². The lowest BCUT2D eigenvalue weighted by atomic mass is 10.0. The lowest BCUT2D eigenvalue weighted by Crippen LogP contribution is -1.97. The van der Waals surface area contributed by atoms with E-state index in [2.05, 4.69) is 30.4 Å². The van der Waals surface area contributed by atoms with Crippen LogP contribution in [-0.2, 0) is 16.0 Å². The van der Waals surface area contributed by atoms with Crippen LogP contribution in [0.4, 0.5) is 0 Å². The van der Waals surface area contributed by atoms with Gasteiger partial charge in [0.25, 0.3) is 0 Å². The summed E-state index contributed by atoms with van der Waals surface area (Å²) in [5.41, 5.74) is 2.15. The third-order valence-electron chi connectivity index (χ3n) is 2.88. The Morgan fingerprint density at radius 3 is 2.14 bits per heavy atom. The first-order valence-corrected chi connectivity index (χ1v) is 7.44. The Labute approximate surface area is 128 Å². The van der Waals surface area contributed by atoms with Crippen molar-refractivity contribution in [3.05, 3.63) is 48.0 Å². The van der Waals surface area contributed by atoms with Crippen molar-refractivity contribution in [3.8, 4) is 0 Å². The van der Waals surface area contributed by atoms with Gasteiger partial charge in [0.1, 0.15) is 0 Å². The van der Waals surface area contributed by atoms with Crippen molar-refractivity contribution in [1.29, 1.82) is 0 Å². The van der Waals surface area contributed by atoms with Crippen LogP contribution < -0.4 is 0 Å². The fraction of sp³-hybridized carbons (Fsp3) is 0.444. The number of hydrogen-bond donors (Lipinski definition) is 0. The van der Waals surface area contributed by atoms with Crippen molar-refractivity contribution in [2.45, 2.75) is 46.5 Å². The van der Waals surface area contributed by atoms with Crippen molar-refractivity contribution in [1.82, 2.24) is 0 Å². The van der Waals surface area contributed by atoms with Crippen LogP contribution in [0.2, 0.25) is 0 Å². The average Bonchev–Trinajstić information content (AvgIpc) is 2.49. The zero-order valence-corrected chi connectivity index (χ0v) is 13.4. The van der Waals surface area contributed by atoms with Gasteiger partial charge in [-0.1, -0.05) is 50.6 Å². The molecule has 1 aromatic rings. The number of benzene rings is 1. The van der Waals surface area contributed by atoms with E-state index in [9.17, 15) is 9.59 Å². The van der Waals surface area contributed by atoms with Crippen LogP contribution >= 0.6 is 0 Å². The number of ether oxygens (including phenoxy) is 1. The zero-order valence-electron chi connectivity index (χ0n) is 13.4. The molecule has 116 valence electrons. The first-order chi connectivity index (χ1) is 10.0. The molecule has 0 spiro atoms. The molecular formula is C18H26O3. The second-order valence-electron chi connectivity index (χ2n) is 4.67. The van der Waals surface area contributed by atoms with Gasteiger partial charge < -0.3 is 4.74 Å². The van der Waals surface area contributed by atoms with Gasteiger partial charge in [0, 0.05) is 11.6 Å². The minimum absolute atomic E-state index is 0.144. The van der Waals surface area contributed by atoms with E-state index in [4.69, 9.17) is 0 Å². The average molecular weight is 290 g/mol. The predicted molar refractivity (Wildman–Crippen MR) is 86.5 cm³/mol. The molecule has 3 heteroatoms. The molecule has 0 radical (unpaired) electrons. The molecule has 21 heavy (non-hydrogen) atoms. The maximum atomic E-state index is 11.0. The highest BCUT2D eigenvalue weighted by Crippen LogP contribution is 2.09. The Morgan fingerprint density at radius 2 is 1.76 bits per heavy atom. The van der Waals surface area contributed by atoms with Crippen molar-refractivity contribution >= 4 is 11.8 Å². The van der Waals surface area contributed by atoms with E-state index in [0.717, 1.165) is 18.1 Å². The monoisotopic (exact) mass is 290 g/mol. The number of rotatable bonds is 7. The molecule has 0 aliphatic carbocycles. The Balaban J connectivity index is 0.000000486. The van der Waals surface area contributed by atoms with Crippen molar-refractivity contribution in [3.63, 3.8) is 0 Å². The number of hydrogen-bond acceptors (Lipinski definition) is 3. The molecule has 0 saturated carbocycles. The molecule has 0 aliphatic heterocycles. The summed E-state index contributed by atoms with van der Waals surface area (Å²) in [5.74, 6) is -0.215. The number of carbonyl (C=O) groups excluding carboxylic acids is 2. The van der Waals surface area contributed by atoms with E-state index in [1.807, 2.05) is 12.1 Å². The van der Waals surface area contributed by atoms with E-state index in [1.54, 1.807) is 13.8 Å². The van der Waals surface area contributed by atoms with Crippen LogP contribution in [-0.4, -0.2) is 18.4 Å². The lowest BCUT2D eigenvalue weighted by Gasteiger charge is -2.01. The second kappa shape index (κ2) is 11.9. The summed E-state index contributed by atoms with van der Waals surface area (Å²) in [4.78, 5) is 21.1. The quantitative estimate of drug-likeness (QED) is 0.324. The summed E-state index contributed by atoms with van der Waals surface area (Å²) >= 11 is 0. The van der Waals surface area contributed by atoms with Gasteiger partial charge in [-0.15, -0.1) is 0 Å². The fourth-order valence-electron chi connectivity index (χ4n) is 1.69. The number of ketones is 1. The second-order valence-corrected chi connectivity index (χ2v) is 4.67. The minimum atomic E-state index is -0.359. The van der Waals surface area contributed by atoms with Gasteiger partial charge in [-0.3, -0.25) is 4.79 Å². The first-order valence-electron chi connectivity index (χ1n) is 7.44. The third kappa shape index (κ3) is 9.61. The molecule has 1 rings (SSSR count). The van der Waals surface area contributed by atoms with E-state index in [0.29, 0.717) is 6.61 Å². The van der Waals surface area contributed by atoms with Gasteiger partial charge in [-0.2, -0.15) is 0 Å². The molecule has 0 N–H and O–H groups in total. The first kappa shape index (κ1) is 19.1. The predicted octanol–water partition coefficient (Wildman–Crippen LogP) is 4.36. The normalized spacial score (nSPS) is 9.29. The molecule has 0 amide bonds. The van der Waals surface area contributed by atoms with E-state index in [1.165, 1.54) is 24.8 Å². The highest BCUT2D eigenvalue weighted by Gasteiger charge is 1.98. The highest BCUT2D eigenvalue weighted by molar-refractivity contribution is 5.93. The summed E-state index contributed by atoms with van der Waals surface area (Å²) in [6, 6.07) is 7.96. The molecule has 1 aromatic carbocycles. The van der Waals surface area contributed by atoms with Crippen molar-refractivity contribution in [2.24, 2.45) is 0 Å². The van der Waals surface area contributed by atoms with Gasteiger partial charge >= 0.3 is 5.97 Å². The summed E-state index contributed by atoms with van der Waals surface area (Å²) in [5, 5.41) is 0. The summed E-state index contributed by atoms with van der Waals surface area (Å²) in [7, 11) is 0. The number of Topliss-reactive ketones (excluding diaryl/α,β-unsaturated/α-hetero) is 1. The number of carbonyl (C=O) groups is 2.